The fourth-order valence-corrected chi connectivity index (χ4v) is 3.59. The summed E-state index contributed by atoms with van der Waals surface area (Å²) in [5.74, 6) is 0. The van der Waals surface area contributed by atoms with E-state index in [-0.39, 0.29) is 0 Å². The van der Waals surface area contributed by atoms with Crippen molar-refractivity contribution < 1.29 is 0 Å². The summed E-state index contributed by atoms with van der Waals surface area (Å²) in [6.45, 7) is 10.7. The molecule has 0 radical (unpaired) electrons. The van der Waals surface area contributed by atoms with Crippen molar-refractivity contribution in [1.82, 2.24) is 0 Å². The average Bonchev–Trinajstić information content (AvgIpc) is 2.96. The lowest BCUT2D eigenvalue weighted by Crippen LogP contribution is -1.96. The molecule has 0 aromatic heterocycles. The second-order valence-electron chi connectivity index (χ2n) is 7.14. The maximum absolute atomic E-state index is 4.16. The molecule has 0 unspecified atom stereocenters. The molecule has 1 aliphatic rings. The second kappa shape index (κ2) is 7.21. The molecule has 0 amide bonds. The molecule has 0 saturated carbocycles. The number of benzene rings is 2. The Morgan fingerprint density at radius 2 is 1.88 bits per heavy atom. The Kier molecular flexibility index (Phi) is 5.04. The van der Waals surface area contributed by atoms with Crippen LogP contribution in [0.1, 0.15) is 53.1 Å². The minimum Gasteiger partial charge on any atom is -0.0995 e. The Morgan fingerprint density at radius 3 is 2.62 bits per heavy atom. The molecule has 0 heterocycles. The normalized spacial score (nSPS) is 12.9. The van der Waals surface area contributed by atoms with Gasteiger partial charge in [0.2, 0.25) is 0 Å². The van der Waals surface area contributed by atoms with Gasteiger partial charge in [-0.1, -0.05) is 67.1 Å². The number of hydrogen-bond acceptors (Lipinski definition) is 0. The zero-order valence-electron chi connectivity index (χ0n) is 15.3. The van der Waals surface area contributed by atoms with Crippen molar-refractivity contribution >= 4 is 5.57 Å². The van der Waals surface area contributed by atoms with Crippen LogP contribution in [0.2, 0.25) is 0 Å². The van der Waals surface area contributed by atoms with Crippen LogP contribution in [0.15, 0.2) is 54.6 Å². The summed E-state index contributed by atoms with van der Waals surface area (Å²) in [4.78, 5) is 0. The molecule has 0 fully saturated rings. The van der Waals surface area contributed by atoms with Crippen LogP contribution in [-0.2, 0) is 19.3 Å². The first-order chi connectivity index (χ1) is 11.6. The number of allylic oxidation sites excluding steroid dienone is 3. The lowest BCUT2D eigenvalue weighted by atomic mass is 9.95. The van der Waals surface area contributed by atoms with Gasteiger partial charge in [-0.15, -0.1) is 0 Å². The molecular formula is C24H28. The molecule has 0 N–H and O–H groups in total. The van der Waals surface area contributed by atoms with Crippen LogP contribution in [-0.4, -0.2) is 0 Å². The lowest BCUT2D eigenvalue weighted by molar-refractivity contribution is 0.944. The highest BCUT2D eigenvalue weighted by Gasteiger charge is 2.14. The Bertz CT molecular complexity index is 790. The van der Waals surface area contributed by atoms with Gasteiger partial charge in [-0.3, -0.25) is 0 Å². The summed E-state index contributed by atoms with van der Waals surface area (Å²) in [7, 11) is 0. The smallest absolute Gasteiger partial charge is 0.00669 e. The second-order valence-corrected chi connectivity index (χ2v) is 7.14. The highest BCUT2D eigenvalue weighted by molar-refractivity contribution is 5.74. The average molecular weight is 316 g/mol. The van der Waals surface area contributed by atoms with Crippen LogP contribution in [0, 0.1) is 13.8 Å². The number of hydrogen-bond donors (Lipinski definition) is 0. The van der Waals surface area contributed by atoms with E-state index >= 15 is 0 Å². The highest BCUT2D eigenvalue weighted by Crippen LogP contribution is 2.33. The first-order valence-corrected chi connectivity index (χ1v) is 9.10. The molecule has 0 bridgehead atoms. The molecule has 124 valence electrons. The summed E-state index contributed by atoms with van der Waals surface area (Å²) in [6, 6.07) is 13.9. The first-order valence-electron chi connectivity index (χ1n) is 9.10. The SMILES string of the molecule is C=C(CC)CC1=CCc2cc(CCc3ccc(C)cc3C)ccc21. The maximum atomic E-state index is 4.16. The standard InChI is InChI=1S/C24H28/c1-5-17(2)15-22-11-12-23-16-20(8-13-24(22)23)7-10-21-9-6-18(3)14-19(21)4/h6,8-9,11,13-14,16H,2,5,7,10,12,15H2,1,3-4H3. The Morgan fingerprint density at radius 1 is 1.04 bits per heavy atom. The molecule has 2 aromatic carbocycles. The van der Waals surface area contributed by atoms with Crippen LogP contribution in [0.3, 0.4) is 0 Å². The quantitative estimate of drug-likeness (QED) is 0.542. The van der Waals surface area contributed by atoms with E-state index in [1.165, 1.54) is 44.5 Å². The van der Waals surface area contributed by atoms with E-state index < -0.39 is 0 Å². The number of rotatable bonds is 6. The predicted octanol–water partition coefficient (Wildman–Crippen LogP) is 6.38. The van der Waals surface area contributed by atoms with E-state index in [4.69, 9.17) is 0 Å². The molecular weight excluding hydrogens is 288 g/mol. The molecule has 1 aliphatic carbocycles. The lowest BCUT2D eigenvalue weighted by Gasteiger charge is -2.10. The van der Waals surface area contributed by atoms with Crippen molar-refractivity contribution in [2.24, 2.45) is 0 Å². The minimum absolute atomic E-state index is 1.03. The van der Waals surface area contributed by atoms with Crippen LogP contribution < -0.4 is 0 Å². The molecule has 0 spiro atoms. The number of fused-ring (bicyclic) bond motifs is 1. The monoisotopic (exact) mass is 316 g/mol. The van der Waals surface area contributed by atoms with E-state index in [0.29, 0.717) is 0 Å². The Balaban J connectivity index is 1.68. The van der Waals surface area contributed by atoms with Gasteiger partial charge in [0, 0.05) is 0 Å². The van der Waals surface area contributed by atoms with Gasteiger partial charge < -0.3 is 0 Å². The summed E-state index contributed by atoms with van der Waals surface area (Å²) in [5, 5.41) is 0. The fourth-order valence-electron chi connectivity index (χ4n) is 3.59. The molecule has 0 atom stereocenters. The highest BCUT2D eigenvalue weighted by atomic mass is 14.2. The molecule has 2 aromatic rings. The topological polar surface area (TPSA) is 0 Å². The predicted molar refractivity (Wildman–Crippen MR) is 105 cm³/mol. The third-order valence-electron chi connectivity index (χ3n) is 5.21. The molecule has 24 heavy (non-hydrogen) atoms. The van der Waals surface area contributed by atoms with Gasteiger partial charge in [-0.25, -0.2) is 0 Å². The van der Waals surface area contributed by atoms with Crippen molar-refractivity contribution in [3.05, 3.63) is 88.0 Å². The van der Waals surface area contributed by atoms with E-state index in [1.54, 1.807) is 0 Å². The molecule has 0 aliphatic heterocycles. The summed E-state index contributed by atoms with van der Waals surface area (Å²) < 4.78 is 0. The minimum atomic E-state index is 1.03. The number of aryl methyl sites for hydroxylation is 4. The van der Waals surface area contributed by atoms with Crippen LogP contribution in [0.25, 0.3) is 5.57 Å². The van der Waals surface area contributed by atoms with Gasteiger partial charge in [0.15, 0.2) is 0 Å². The van der Waals surface area contributed by atoms with E-state index in [0.717, 1.165) is 32.1 Å². The van der Waals surface area contributed by atoms with Crippen LogP contribution in [0.5, 0.6) is 0 Å². The summed E-state index contributed by atoms with van der Waals surface area (Å²) in [5.41, 5.74) is 11.4. The van der Waals surface area contributed by atoms with Gasteiger partial charge >= 0.3 is 0 Å². The first kappa shape index (κ1) is 16.8. The summed E-state index contributed by atoms with van der Waals surface area (Å²) >= 11 is 0. The van der Waals surface area contributed by atoms with Crippen molar-refractivity contribution in [3.8, 4) is 0 Å². The zero-order chi connectivity index (χ0) is 17.1. The van der Waals surface area contributed by atoms with Gasteiger partial charge in [0.25, 0.3) is 0 Å². The Hall–Kier alpha value is -2.08. The van der Waals surface area contributed by atoms with Crippen LogP contribution in [0.4, 0.5) is 0 Å². The van der Waals surface area contributed by atoms with E-state index in [1.807, 2.05) is 0 Å². The molecule has 0 heteroatoms. The van der Waals surface area contributed by atoms with Gasteiger partial charge in [0.05, 0.1) is 0 Å². The van der Waals surface area contributed by atoms with Crippen molar-refractivity contribution in [2.75, 3.05) is 0 Å². The summed E-state index contributed by atoms with van der Waals surface area (Å²) in [6.07, 6.45) is 7.82. The maximum Gasteiger partial charge on any atom is -0.00669 e. The zero-order valence-corrected chi connectivity index (χ0v) is 15.3. The molecule has 3 rings (SSSR count). The van der Waals surface area contributed by atoms with Crippen LogP contribution >= 0.6 is 0 Å². The van der Waals surface area contributed by atoms with Crippen molar-refractivity contribution in [2.45, 2.75) is 52.9 Å². The van der Waals surface area contributed by atoms with Crippen molar-refractivity contribution in [3.63, 3.8) is 0 Å². The van der Waals surface area contributed by atoms with Gasteiger partial charge in [-0.05, 0) is 79.3 Å². The van der Waals surface area contributed by atoms with E-state index in [9.17, 15) is 0 Å². The van der Waals surface area contributed by atoms with Crippen molar-refractivity contribution in [1.29, 1.82) is 0 Å². The Labute approximate surface area is 146 Å². The van der Waals surface area contributed by atoms with E-state index in [2.05, 4.69) is 69.8 Å². The largest absolute Gasteiger partial charge is 0.0995 e. The van der Waals surface area contributed by atoms with Gasteiger partial charge in [0.1, 0.15) is 0 Å². The molecule has 0 nitrogen and oxygen atoms in total. The fraction of sp³-hybridized carbons (Fsp3) is 0.333. The molecule has 0 saturated heterocycles. The third kappa shape index (κ3) is 3.70. The van der Waals surface area contributed by atoms with Gasteiger partial charge in [-0.2, -0.15) is 0 Å². The third-order valence-corrected chi connectivity index (χ3v) is 5.21.